The summed E-state index contributed by atoms with van der Waals surface area (Å²) in [6, 6.07) is 5.78. The summed E-state index contributed by atoms with van der Waals surface area (Å²) in [5.74, 6) is 1.85. The van der Waals surface area contributed by atoms with E-state index in [0.717, 1.165) is 43.6 Å². The molecule has 0 bridgehead atoms. The highest BCUT2D eigenvalue weighted by molar-refractivity contribution is 5.57. The van der Waals surface area contributed by atoms with E-state index in [1.807, 2.05) is 12.1 Å². The zero-order valence-electron chi connectivity index (χ0n) is 11.1. The van der Waals surface area contributed by atoms with E-state index in [9.17, 15) is 4.79 Å². The molecular weight excluding hydrogens is 252 g/mol. The van der Waals surface area contributed by atoms with Gasteiger partial charge in [0.1, 0.15) is 12.1 Å². The summed E-state index contributed by atoms with van der Waals surface area (Å²) < 4.78 is 0. The van der Waals surface area contributed by atoms with Crippen molar-refractivity contribution in [2.45, 2.75) is 12.8 Å². The molecule has 0 unspecified atom stereocenters. The van der Waals surface area contributed by atoms with Crippen molar-refractivity contribution < 1.29 is 4.79 Å². The lowest BCUT2D eigenvalue weighted by molar-refractivity contribution is -0.111. The summed E-state index contributed by atoms with van der Waals surface area (Å²) in [5.41, 5.74) is 0.914. The summed E-state index contributed by atoms with van der Waals surface area (Å²) in [7, 11) is 0. The predicted molar refractivity (Wildman–Crippen MR) is 76.3 cm³/mol. The zero-order valence-corrected chi connectivity index (χ0v) is 11.1. The second-order valence-electron chi connectivity index (χ2n) is 4.94. The standard InChI is InChI=1S/C15H16N4O/c20-11-12-4-8-19(9-5-12)14-3-2-13(10-18-14)15-16-6-1-7-17-15/h1-3,6-7,10-12H,4-5,8-9H2. The van der Waals surface area contributed by atoms with Crippen LogP contribution in [0.3, 0.4) is 0 Å². The van der Waals surface area contributed by atoms with Gasteiger partial charge in [-0.15, -0.1) is 0 Å². The Hall–Kier alpha value is -2.30. The third-order valence-corrected chi connectivity index (χ3v) is 3.63. The second-order valence-corrected chi connectivity index (χ2v) is 4.94. The Labute approximate surface area is 117 Å². The van der Waals surface area contributed by atoms with Gasteiger partial charge in [0, 0.05) is 43.2 Å². The Balaban J connectivity index is 1.72. The largest absolute Gasteiger partial charge is 0.357 e. The maximum Gasteiger partial charge on any atom is 0.160 e. The molecule has 1 aliphatic heterocycles. The SMILES string of the molecule is O=CC1CCN(c2ccc(-c3ncccn3)cn2)CC1. The van der Waals surface area contributed by atoms with Gasteiger partial charge in [-0.05, 0) is 31.0 Å². The monoisotopic (exact) mass is 268 g/mol. The molecule has 20 heavy (non-hydrogen) atoms. The number of carbonyl (C=O) groups is 1. The van der Waals surface area contributed by atoms with Crippen molar-refractivity contribution in [2.24, 2.45) is 5.92 Å². The van der Waals surface area contributed by atoms with Crippen LogP contribution in [0.4, 0.5) is 5.82 Å². The van der Waals surface area contributed by atoms with E-state index < -0.39 is 0 Å². The van der Waals surface area contributed by atoms with Crippen molar-refractivity contribution in [1.82, 2.24) is 15.0 Å². The molecule has 3 heterocycles. The van der Waals surface area contributed by atoms with E-state index in [1.165, 1.54) is 0 Å². The average Bonchev–Trinajstić information content (AvgIpc) is 2.56. The third-order valence-electron chi connectivity index (χ3n) is 3.63. The lowest BCUT2D eigenvalue weighted by Crippen LogP contribution is -2.34. The molecule has 0 aliphatic carbocycles. The third kappa shape index (κ3) is 2.66. The van der Waals surface area contributed by atoms with E-state index in [4.69, 9.17) is 0 Å². The van der Waals surface area contributed by atoms with Crippen LogP contribution in [0.1, 0.15) is 12.8 Å². The first-order valence-corrected chi connectivity index (χ1v) is 6.80. The maximum atomic E-state index is 10.8. The molecule has 1 aliphatic rings. The fourth-order valence-electron chi connectivity index (χ4n) is 2.42. The van der Waals surface area contributed by atoms with Crippen molar-refractivity contribution in [2.75, 3.05) is 18.0 Å². The summed E-state index contributed by atoms with van der Waals surface area (Å²) >= 11 is 0. The molecule has 1 fully saturated rings. The normalized spacial score (nSPS) is 16.1. The highest BCUT2D eigenvalue weighted by Gasteiger charge is 2.19. The first-order valence-electron chi connectivity index (χ1n) is 6.80. The van der Waals surface area contributed by atoms with Crippen LogP contribution in [0.25, 0.3) is 11.4 Å². The number of pyridine rings is 1. The van der Waals surface area contributed by atoms with Gasteiger partial charge < -0.3 is 9.69 Å². The topological polar surface area (TPSA) is 59.0 Å². The molecule has 3 rings (SSSR count). The first-order chi connectivity index (χ1) is 9.86. The van der Waals surface area contributed by atoms with Crippen LogP contribution in [-0.4, -0.2) is 34.3 Å². The Morgan fingerprint density at radius 3 is 2.45 bits per heavy atom. The number of hydrogen-bond acceptors (Lipinski definition) is 5. The van der Waals surface area contributed by atoms with E-state index in [1.54, 1.807) is 24.7 Å². The van der Waals surface area contributed by atoms with Gasteiger partial charge in [-0.25, -0.2) is 15.0 Å². The fraction of sp³-hybridized carbons (Fsp3) is 0.333. The van der Waals surface area contributed by atoms with Gasteiger partial charge in [0.05, 0.1) is 0 Å². The molecule has 1 saturated heterocycles. The maximum absolute atomic E-state index is 10.8. The quantitative estimate of drug-likeness (QED) is 0.796. The van der Waals surface area contributed by atoms with Crippen LogP contribution in [0, 0.1) is 5.92 Å². The van der Waals surface area contributed by atoms with Crippen molar-refractivity contribution in [3.05, 3.63) is 36.8 Å². The molecule has 0 amide bonds. The molecule has 102 valence electrons. The van der Waals surface area contributed by atoms with Gasteiger partial charge in [-0.2, -0.15) is 0 Å². The number of hydrogen-bond donors (Lipinski definition) is 0. The molecule has 5 nitrogen and oxygen atoms in total. The molecule has 0 saturated carbocycles. The number of anilines is 1. The molecule has 5 heteroatoms. The fourth-order valence-corrected chi connectivity index (χ4v) is 2.42. The summed E-state index contributed by atoms with van der Waals surface area (Å²) in [4.78, 5) is 25.9. The van der Waals surface area contributed by atoms with Gasteiger partial charge >= 0.3 is 0 Å². The van der Waals surface area contributed by atoms with E-state index in [0.29, 0.717) is 5.82 Å². The lowest BCUT2D eigenvalue weighted by Gasteiger charge is -2.30. The Morgan fingerprint density at radius 2 is 1.85 bits per heavy atom. The van der Waals surface area contributed by atoms with Crippen molar-refractivity contribution >= 4 is 12.1 Å². The summed E-state index contributed by atoms with van der Waals surface area (Å²) in [6.07, 6.45) is 8.14. The number of piperidine rings is 1. The van der Waals surface area contributed by atoms with E-state index in [-0.39, 0.29) is 5.92 Å². The Kier molecular flexibility index (Phi) is 3.67. The molecule has 0 aromatic carbocycles. The first kappa shape index (κ1) is 12.7. The van der Waals surface area contributed by atoms with Crippen LogP contribution in [0.15, 0.2) is 36.8 Å². The highest BCUT2D eigenvalue weighted by atomic mass is 16.1. The number of rotatable bonds is 3. The molecule has 0 atom stereocenters. The average molecular weight is 268 g/mol. The van der Waals surface area contributed by atoms with Crippen LogP contribution < -0.4 is 4.90 Å². The zero-order chi connectivity index (χ0) is 13.8. The minimum atomic E-state index is 0.211. The molecular formula is C15H16N4O. The predicted octanol–water partition coefficient (Wildman–Crippen LogP) is 1.95. The van der Waals surface area contributed by atoms with Gasteiger partial charge in [0.15, 0.2) is 5.82 Å². The number of nitrogens with zero attached hydrogens (tertiary/aromatic N) is 4. The molecule has 2 aromatic rings. The number of aldehydes is 1. The van der Waals surface area contributed by atoms with Crippen LogP contribution in [-0.2, 0) is 4.79 Å². The van der Waals surface area contributed by atoms with E-state index in [2.05, 4.69) is 19.9 Å². The minimum Gasteiger partial charge on any atom is -0.357 e. The molecule has 2 aromatic heterocycles. The summed E-state index contributed by atoms with van der Waals surface area (Å²) in [6.45, 7) is 1.77. The minimum absolute atomic E-state index is 0.211. The van der Waals surface area contributed by atoms with E-state index >= 15 is 0 Å². The smallest absolute Gasteiger partial charge is 0.160 e. The van der Waals surface area contributed by atoms with Gasteiger partial charge in [0.25, 0.3) is 0 Å². The Morgan fingerprint density at radius 1 is 1.10 bits per heavy atom. The van der Waals surface area contributed by atoms with Crippen molar-refractivity contribution in [3.8, 4) is 11.4 Å². The van der Waals surface area contributed by atoms with Crippen LogP contribution in [0.5, 0.6) is 0 Å². The van der Waals surface area contributed by atoms with Crippen molar-refractivity contribution in [1.29, 1.82) is 0 Å². The lowest BCUT2D eigenvalue weighted by atomic mass is 9.99. The van der Waals surface area contributed by atoms with Crippen molar-refractivity contribution in [3.63, 3.8) is 0 Å². The van der Waals surface area contributed by atoms with Gasteiger partial charge in [-0.1, -0.05) is 0 Å². The van der Waals surface area contributed by atoms with Gasteiger partial charge in [0.2, 0.25) is 0 Å². The molecule has 0 N–H and O–H groups in total. The Bertz CT molecular complexity index is 562. The second kappa shape index (κ2) is 5.77. The number of aromatic nitrogens is 3. The summed E-state index contributed by atoms with van der Waals surface area (Å²) in [5, 5.41) is 0. The molecule has 0 spiro atoms. The highest BCUT2D eigenvalue weighted by Crippen LogP contribution is 2.22. The van der Waals surface area contributed by atoms with Crippen LogP contribution >= 0.6 is 0 Å². The van der Waals surface area contributed by atoms with Gasteiger partial charge in [-0.3, -0.25) is 0 Å². The number of carbonyl (C=O) groups excluding carboxylic acids is 1. The molecule has 0 radical (unpaired) electrons. The van der Waals surface area contributed by atoms with Crippen LogP contribution in [0.2, 0.25) is 0 Å².